The van der Waals surface area contributed by atoms with Gasteiger partial charge in [0, 0.05) is 6.42 Å². The van der Waals surface area contributed by atoms with Gasteiger partial charge in [-0.2, -0.15) is 0 Å². The lowest BCUT2D eigenvalue weighted by molar-refractivity contribution is -0.146. The minimum atomic E-state index is -1.35. The summed E-state index contributed by atoms with van der Waals surface area (Å²) in [6, 6.07) is 7.13. The molecule has 0 unspecified atom stereocenters. The highest BCUT2D eigenvalue weighted by Crippen LogP contribution is 2.14. The van der Waals surface area contributed by atoms with Crippen LogP contribution in [-0.2, 0) is 11.2 Å². The van der Waals surface area contributed by atoms with Crippen molar-refractivity contribution in [3.8, 4) is 5.75 Å². The highest BCUT2D eigenvalue weighted by atomic mass is 16.5. The molecule has 1 aromatic rings. The minimum Gasteiger partial charge on any atom is -0.494 e. The van der Waals surface area contributed by atoms with Crippen LogP contribution in [0.4, 0.5) is 0 Å². The Labute approximate surface area is 101 Å². The highest BCUT2D eigenvalue weighted by Gasteiger charge is 2.13. The van der Waals surface area contributed by atoms with Crippen LogP contribution in [0.5, 0.6) is 5.75 Å². The average molecular weight is 238 g/mol. The second kappa shape index (κ2) is 6.91. The third-order valence-corrected chi connectivity index (χ3v) is 2.40. The SMILES string of the molecule is CCCCOc1ccc(C[C@H](O)C(=O)O)cc1. The van der Waals surface area contributed by atoms with Gasteiger partial charge in [0.15, 0.2) is 6.10 Å². The number of benzene rings is 1. The van der Waals surface area contributed by atoms with Gasteiger partial charge in [-0.1, -0.05) is 25.5 Å². The van der Waals surface area contributed by atoms with Gasteiger partial charge in [0.1, 0.15) is 5.75 Å². The number of carboxylic acid groups (broad SMARTS) is 1. The maximum Gasteiger partial charge on any atom is 0.332 e. The number of aliphatic hydroxyl groups excluding tert-OH is 1. The van der Waals surface area contributed by atoms with E-state index in [2.05, 4.69) is 6.92 Å². The summed E-state index contributed by atoms with van der Waals surface area (Å²) >= 11 is 0. The first kappa shape index (κ1) is 13.5. The Bertz CT molecular complexity index is 345. The van der Waals surface area contributed by atoms with E-state index in [1.807, 2.05) is 0 Å². The van der Waals surface area contributed by atoms with Gasteiger partial charge in [0.25, 0.3) is 0 Å². The lowest BCUT2D eigenvalue weighted by Crippen LogP contribution is -2.21. The highest BCUT2D eigenvalue weighted by molar-refractivity contribution is 5.72. The molecule has 94 valence electrons. The minimum absolute atomic E-state index is 0.116. The van der Waals surface area contributed by atoms with Crippen LogP contribution in [-0.4, -0.2) is 28.9 Å². The molecular formula is C13H18O4. The van der Waals surface area contributed by atoms with Crippen molar-refractivity contribution in [2.45, 2.75) is 32.3 Å². The van der Waals surface area contributed by atoms with Crippen LogP contribution in [0, 0.1) is 0 Å². The Balaban J connectivity index is 2.47. The van der Waals surface area contributed by atoms with Crippen LogP contribution >= 0.6 is 0 Å². The van der Waals surface area contributed by atoms with Crippen LogP contribution in [0.3, 0.4) is 0 Å². The molecule has 0 saturated carbocycles. The summed E-state index contributed by atoms with van der Waals surface area (Å²) in [7, 11) is 0. The molecule has 0 aromatic heterocycles. The number of hydrogen-bond donors (Lipinski definition) is 2. The summed E-state index contributed by atoms with van der Waals surface area (Å²) in [6.45, 7) is 2.79. The molecular weight excluding hydrogens is 220 g/mol. The van der Waals surface area contributed by atoms with E-state index >= 15 is 0 Å². The monoisotopic (exact) mass is 238 g/mol. The fraction of sp³-hybridized carbons (Fsp3) is 0.462. The Morgan fingerprint density at radius 1 is 1.35 bits per heavy atom. The summed E-state index contributed by atoms with van der Waals surface area (Å²) in [5, 5.41) is 17.8. The molecule has 2 N–H and O–H groups in total. The van der Waals surface area contributed by atoms with Crippen molar-refractivity contribution in [1.82, 2.24) is 0 Å². The molecule has 0 saturated heterocycles. The summed E-state index contributed by atoms with van der Waals surface area (Å²) in [5.41, 5.74) is 0.780. The molecule has 0 amide bonds. The molecule has 0 bridgehead atoms. The van der Waals surface area contributed by atoms with Gasteiger partial charge in [0.2, 0.25) is 0 Å². The zero-order chi connectivity index (χ0) is 12.7. The van der Waals surface area contributed by atoms with Gasteiger partial charge >= 0.3 is 5.97 Å². The zero-order valence-electron chi connectivity index (χ0n) is 9.93. The second-order valence-electron chi connectivity index (χ2n) is 3.90. The number of carboxylic acids is 1. The molecule has 1 rings (SSSR count). The number of aliphatic hydroxyl groups is 1. The predicted molar refractivity (Wildman–Crippen MR) is 64.2 cm³/mol. The number of hydrogen-bond acceptors (Lipinski definition) is 3. The number of rotatable bonds is 7. The number of aliphatic carboxylic acids is 1. The third-order valence-electron chi connectivity index (χ3n) is 2.40. The first-order valence-corrected chi connectivity index (χ1v) is 5.76. The van der Waals surface area contributed by atoms with Crippen molar-refractivity contribution < 1.29 is 19.7 Å². The van der Waals surface area contributed by atoms with Gasteiger partial charge in [-0.25, -0.2) is 4.79 Å². The van der Waals surface area contributed by atoms with Gasteiger partial charge in [-0.3, -0.25) is 0 Å². The van der Waals surface area contributed by atoms with Crippen molar-refractivity contribution in [1.29, 1.82) is 0 Å². The van der Waals surface area contributed by atoms with Crippen molar-refractivity contribution >= 4 is 5.97 Å². The standard InChI is InChI=1S/C13H18O4/c1-2-3-8-17-11-6-4-10(5-7-11)9-12(14)13(15)16/h4-7,12,14H,2-3,8-9H2,1H3,(H,15,16)/t12-/m0/s1. The van der Waals surface area contributed by atoms with Crippen molar-refractivity contribution in [3.05, 3.63) is 29.8 Å². The van der Waals surface area contributed by atoms with E-state index in [9.17, 15) is 9.90 Å². The van der Waals surface area contributed by atoms with E-state index in [0.717, 1.165) is 24.2 Å². The summed E-state index contributed by atoms with van der Waals surface area (Å²) < 4.78 is 5.48. The largest absolute Gasteiger partial charge is 0.494 e. The molecule has 1 aromatic carbocycles. The molecule has 0 heterocycles. The Kier molecular flexibility index (Phi) is 5.49. The predicted octanol–water partition coefficient (Wildman–Crippen LogP) is 1.85. The van der Waals surface area contributed by atoms with Crippen LogP contribution in [0.15, 0.2) is 24.3 Å². The van der Waals surface area contributed by atoms with Gasteiger partial charge in [-0.15, -0.1) is 0 Å². The van der Waals surface area contributed by atoms with E-state index in [1.165, 1.54) is 0 Å². The fourth-order valence-corrected chi connectivity index (χ4v) is 1.37. The normalized spacial score (nSPS) is 12.1. The van der Waals surface area contributed by atoms with E-state index < -0.39 is 12.1 Å². The van der Waals surface area contributed by atoms with Gasteiger partial charge < -0.3 is 14.9 Å². The molecule has 0 fully saturated rings. The molecule has 0 aliphatic carbocycles. The van der Waals surface area contributed by atoms with E-state index in [-0.39, 0.29) is 6.42 Å². The maximum absolute atomic E-state index is 10.5. The van der Waals surface area contributed by atoms with Crippen molar-refractivity contribution in [3.63, 3.8) is 0 Å². The first-order chi connectivity index (χ1) is 8.13. The van der Waals surface area contributed by atoms with Gasteiger partial charge in [-0.05, 0) is 24.1 Å². The molecule has 4 heteroatoms. The van der Waals surface area contributed by atoms with E-state index in [4.69, 9.17) is 9.84 Å². The molecule has 4 nitrogen and oxygen atoms in total. The second-order valence-corrected chi connectivity index (χ2v) is 3.90. The Morgan fingerprint density at radius 2 is 2.00 bits per heavy atom. The van der Waals surface area contributed by atoms with E-state index in [1.54, 1.807) is 24.3 Å². The average Bonchev–Trinajstić information content (AvgIpc) is 2.31. The lowest BCUT2D eigenvalue weighted by Gasteiger charge is -2.08. The summed E-state index contributed by atoms with van der Waals surface area (Å²) in [5.74, 6) is -0.430. The quantitative estimate of drug-likeness (QED) is 0.711. The van der Waals surface area contributed by atoms with Gasteiger partial charge in [0.05, 0.1) is 6.61 Å². The number of carbonyl (C=O) groups is 1. The molecule has 0 radical (unpaired) electrons. The molecule has 1 atom stereocenters. The summed E-state index contributed by atoms with van der Waals surface area (Å²) in [4.78, 5) is 10.5. The smallest absolute Gasteiger partial charge is 0.332 e. The topological polar surface area (TPSA) is 66.8 Å². The van der Waals surface area contributed by atoms with Crippen molar-refractivity contribution in [2.24, 2.45) is 0 Å². The number of ether oxygens (including phenoxy) is 1. The molecule has 0 spiro atoms. The molecule has 0 aliphatic heterocycles. The van der Waals surface area contributed by atoms with Crippen LogP contribution in [0.25, 0.3) is 0 Å². The van der Waals surface area contributed by atoms with Crippen LogP contribution in [0.2, 0.25) is 0 Å². The maximum atomic E-state index is 10.5. The fourth-order valence-electron chi connectivity index (χ4n) is 1.37. The number of unbranched alkanes of at least 4 members (excludes halogenated alkanes) is 1. The van der Waals surface area contributed by atoms with E-state index in [0.29, 0.717) is 6.61 Å². The van der Waals surface area contributed by atoms with Crippen molar-refractivity contribution in [2.75, 3.05) is 6.61 Å². The third kappa shape index (κ3) is 4.87. The van der Waals surface area contributed by atoms with Crippen LogP contribution in [0.1, 0.15) is 25.3 Å². The van der Waals surface area contributed by atoms with Crippen LogP contribution < -0.4 is 4.74 Å². The molecule has 17 heavy (non-hydrogen) atoms. The molecule has 0 aliphatic rings. The zero-order valence-corrected chi connectivity index (χ0v) is 9.93. The summed E-state index contributed by atoms with van der Waals surface area (Å²) in [6.07, 6.45) is 0.870. The first-order valence-electron chi connectivity index (χ1n) is 5.76. The Hall–Kier alpha value is -1.55. The lowest BCUT2D eigenvalue weighted by atomic mass is 10.1. The Morgan fingerprint density at radius 3 is 2.53 bits per heavy atom.